The molecular weight excluding hydrogens is 323 g/mol. The van der Waals surface area contributed by atoms with Gasteiger partial charge in [0.05, 0.1) is 17.9 Å². The van der Waals surface area contributed by atoms with Crippen molar-refractivity contribution in [3.8, 4) is 0 Å². The lowest BCUT2D eigenvalue weighted by atomic mass is 9.85. The van der Waals surface area contributed by atoms with E-state index in [4.69, 9.17) is 5.73 Å². The second-order valence-electron chi connectivity index (χ2n) is 6.15. The highest BCUT2D eigenvalue weighted by Crippen LogP contribution is 2.34. The number of pyridine rings is 1. The first-order valence-electron chi connectivity index (χ1n) is 8.28. The highest BCUT2D eigenvalue weighted by atomic mass is 19.1. The molecule has 7 nitrogen and oxygen atoms in total. The Kier molecular flexibility index (Phi) is 5.06. The minimum Gasteiger partial charge on any atom is -0.365 e. The number of aromatic nitrogens is 3. The lowest BCUT2D eigenvalue weighted by Crippen LogP contribution is -2.25. The van der Waals surface area contributed by atoms with Gasteiger partial charge in [0.1, 0.15) is 5.56 Å². The van der Waals surface area contributed by atoms with Crippen LogP contribution in [0.4, 0.5) is 15.9 Å². The maximum atomic E-state index is 13.0. The molecule has 3 rings (SSSR count). The van der Waals surface area contributed by atoms with Crippen molar-refractivity contribution in [3.05, 3.63) is 36.0 Å². The van der Waals surface area contributed by atoms with E-state index in [2.05, 4.69) is 20.4 Å². The molecule has 25 heavy (non-hydrogen) atoms. The third-order valence-electron chi connectivity index (χ3n) is 4.45. The van der Waals surface area contributed by atoms with E-state index < -0.39 is 11.9 Å². The minimum absolute atomic E-state index is 0.137. The molecule has 1 aliphatic rings. The molecule has 0 aliphatic heterocycles. The Hall–Kier alpha value is -2.77. The number of rotatable bonds is 5. The zero-order valence-corrected chi connectivity index (χ0v) is 14.0. The summed E-state index contributed by atoms with van der Waals surface area (Å²) in [5, 5.41) is 7.52. The van der Waals surface area contributed by atoms with E-state index in [1.807, 2.05) is 6.21 Å². The predicted molar refractivity (Wildman–Crippen MR) is 93.6 cm³/mol. The third-order valence-corrected chi connectivity index (χ3v) is 4.45. The first-order valence-corrected chi connectivity index (χ1v) is 8.28. The van der Waals surface area contributed by atoms with Crippen LogP contribution in [-0.4, -0.2) is 33.9 Å². The standard InChI is InChI=1S/C17H21FN6O/c1-20-8-11-4-2-3-5-14(11)24-10-13(16(19)25)17(23-24)22-12-6-7-15(18)21-9-12/h6-11,14H,2-5H2,1H3,(H2,19,25)(H,22,23). The first-order chi connectivity index (χ1) is 12.1. The van der Waals surface area contributed by atoms with Gasteiger partial charge < -0.3 is 16.0 Å². The van der Waals surface area contributed by atoms with Crippen LogP contribution in [0.2, 0.25) is 0 Å². The summed E-state index contributed by atoms with van der Waals surface area (Å²) in [6, 6.07) is 2.90. The summed E-state index contributed by atoms with van der Waals surface area (Å²) in [6.07, 6.45) is 9.23. The Morgan fingerprint density at radius 3 is 2.92 bits per heavy atom. The van der Waals surface area contributed by atoms with Crippen molar-refractivity contribution in [3.63, 3.8) is 0 Å². The van der Waals surface area contributed by atoms with Crippen LogP contribution in [0.25, 0.3) is 0 Å². The summed E-state index contributed by atoms with van der Waals surface area (Å²) in [4.78, 5) is 19.5. The van der Waals surface area contributed by atoms with E-state index in [0.29, 0.717) is 17.1 Å². The van der Waals surface area contributed by atoms with Gasteiger partial charge in [0.15, 0.2) is 5.82 Å². The molecular formula is C17H21FN6O. The molecule has 3 N–H and O–H groups in total. The lowest BCUT2D eigenvalue weighted by Gasteiger charge is -2.29. The number of halogens is 1. The Bertz CT molecular complexity index is 770. The molecule has 8 heteroatoms. The van der Waals surface area contributed by atoms with Gasteiger partial charge in [-0.1, -0.05) is 12.8 Å². The zero-order valence-electron chi connectivity index (χ0n) is 14.0. The average Bonchev–Trinajstić information content (AvgIpc) is 3.02. The van der Waals surface area contributed by atoms with Gasteiger partial charge >= 0.3 is 0 Å². The van der Waals surface area contributed by atoms with Crippen molar-refractivity contribution in [1.82, 2.24) is 14.8 Å². The third kappa shape index (κ3) is 3.84. The highest BCUT2D eigenvalue weighted by molar-refractivity contribution is 5.98. The van der Waals surface area contributed by atoms with Crippen LogP contribution >= 0.6 is 0 Å². The topological polar surface area (TPSA) is 98.2 Å². The fourth-order valence-corrected chi connectivity index (χ4v) is 3.25. The van der Waals surface area contributed by atoms with Gasteiger partial charge in [0, 0.05) is 25.4 Å². The fourth-order valence-electron chi connectivity index (χ4n) is 3.25. The quantitative estimate of drug-likeness (QED) is 0.643. The largest absolute Gasteiger partial charge is 0.365 e. The Labute approximate surface area is 145 Å². The van der Waals surface area contributed by atoms with Crippen LogP contribution in [0, 0.1) is 11.9 Å². The SMILES string of the molecule is CN=CC1CCCCC1n1cc(C(N)=O)c(Nc2ccc(F)nc2)n1. The molecule has 0 saturated heterocycles. The molecule has 2 aromatic rings. The molecule has 0 aromatic carbocycles. The van der Waals surface area contributed by atoms with Gasteiger partial charge in [-0.25, -0.2) is 4.98 Å². The van der Waals surface area contributed by atoms with Gasteiger partial charge in [-0.3, -0.25) is 9.48 Å². The molecule has 1 aliphatic carbocycles. The number of nitrogens with zero attached hydrogens (tertiary/aromatic N) is 4. The summed E-state index contributed by atoms with van der Waals surface area (Å²) >= 11 is 0. The number of nitrogens with two attached hydrogens (primary N) is 1. The molecule has 2 unspecified atom stereocenters. The summed E-state index contributed by atoms with van der Waals surface area (Å²) in [5.41, 5.74) is 6.32. The van der Waals surface area contributed by atoms with Crippen molar-refractivity contribution in [1.29, 1.82) is 0 Å². The molecule has 1 fully saturated rings. The van der Waals surface area contributed by atoms with Crippen LogP contribution in [-0.2, 0) is 0 Å². The van der Waals surface area contributed by atoms with E-state index in [0.717, 1.165) is 25.7 Å². The summed E-state index contributed by atoms with van der Waals surface area (Å²) in [7, 11) is 1.76. The van der Waals surface area contributed by atoms with Crippen LogP contribution in [0.5, 0.6) is 0 Å². The van der Waals surface area contributed by atoms with E-state index in [-0.39, 0.29) is 12.0 Å². The summed E-state index contributed by atoms with van der Waals surface area (Å²) < 4.78 is 14.7. The molecule has 1 amide bonds. The second-order valence-corrected chi connectivity index (χ2v) is 6.15. The predicted octanol–water partition coefficient (Wildman–Crippen LogP) is 2.69. The maximum Gasteiger partial charge on any atom is 0.254 e. The van der Waals surface area contributed by atoms with E-state index in [1.54, 1.807) is 17.9 Å². The van der Waals surface area contributed by atoms with Crippen molar-refractivity contribution in [2.75, 3.05) is 12.4 Å². The van der Waals surface area contributed by atoms with E-state index in [1.165, 1.54) is 18.3 Å². The van der Waals surface area contributed by atoms with Crippen molar-refractivity contribution >= 4 is 23.6 Å². The lowest BCUT2D eigenvalue weighted by molar-refractivity contribution is 0.100. The number of anilines is 2. The number of aliphatic imine (C=N–C) groups is 1. The molecule has 0 bridgehead atoms. The number of amides is 1. The number of hydrogen-bond acceptors (Lipinski definition) is 5. The van der Waals surface area contributed by atoms with Crippen LogP contribution < -0.4 is 11.1 Å². The van der Waals surface area contributed by atoms with Crippen molar-refractivity contribution in [2.24, 2.45) is 16.6 Å². The van der Waals surface area contributed by atoms with Gasteiger partial charge in [-0.05, 0) is 25.0 Å². The van der Waals surface area contributed by atoms with Crippen LogP contribution in [0.1, 0.15) is 42.1 Å². The van der Waals surface area contributed by atoms with Gasteiger partial charge in [-0.2, -0.15) is 9.49 Å². The van der Waals surface area contributed by atoms with Crippen molar-refractivity contribution in [2.45, 2.75) is 31.7 Å². The van der Waals surface area contributed by atoms with E-state index >= 15 is 0 Å². The Morgan fingerprint density at radius 2 is 2.24 bits per heavy atom. The van der Waals surface area contributed by atoms with Crippen molar-refractivity contribution < 1.29 is 9.18 Å². The smallest absolute Gasteiger partial charge is 0.254 e. The monoisotopic (exact) mass is 344 g/mol. The first kappa shape index (κ1) is 17.1. The van der Waals surface area contributed by atoms with Crippen LogP contribution in [0.3, 0.4) is 0 Å². The highest BCUT2D eigenvalue weighted by Gasteiger charge is 2.27. The second kappa shape index (κ2) is 7.42. The number of carbonyl (C=O) groups excluding carboxylic acids is 1. The van der Waals surface area contributed by atoms with E-state index in [9.17, 15) is 9.18 Å². The summed E-state index contributed by atoms with van der Waals surface area (Å²) in [6.45, 7) is 0. The Morgan fingerprint density at radius 1 is 1.44 bits per heavy atom. The van der Waals surface area contributed by atoms with Gasteiger partial charge in [0.25, 0.3) is 5.91 Å². The molecule has 2 atom stereocenters. The molecule has 132 valence electrons. The molecule has 2 heterocycles. The Balaban J connectivity index is 1.91. The molecule has 1 saturated carbocycles. The summed E-state index contributed by atoms with van der Waals surface area (Å²) in [5.74, 6) is -0.520. The number of nitrogens with one attached hydrogen (secondary N) is 1. The molecule has 0 radical (unpaired) electrons. The van der Waals surface area contributed by atoms with Gasteiger partial charge in [0.2, 0.25) is 5.95 Å². The maximum absolute atomic E-state index is 13.0. The fraction of sp³-hybridized carbons (Fsp3) is 0.412. The normalized spacial score (nSPS) is 20.7. The molecule has 0 spiro atoms. The van der Waals surface area contributed by atoms with Gasteiger partial charge in [-0.15, -0.1) is 0 Å². The number of carbonyl (C=O) groups is 1. The number of hydrogen-bond donors (Lipinski definition) is 2. The van der Waals surface area contributed by atoms with Crippen LogP contribution in [0.15, 0.2) is 29.5 Å². The average molecular weight is 344 g/mol. The zero-order chi connectivity index (χ0) is 17.8. The molecule has 2 aromatic heterocycles. The minimum atomic E-state index is -0.574. The number of primary amides is 1.